The number of ether oxygens (including phenoxy) is 2. The number of nitrogens with zero attached hydrogens (tertiary/aromatic N) is 7. The molecule has 0 bridgehead atoms. The molecule has 0 saturated heterocycles. The molecular weight excluding hydrogens is 832 g/mol. The average molecular weight is 860 g/mol. The number of aromatic carboxylic acids is 2. The molecule has 0 aliphatic rings. The van der Waals surface area contributed by atoms with Crippen molar-refractivity contribution in [2.24, 2.45) is 30.7 Å². The minimum atomic E-state index is -5.13. The minimum Gasteiger partial charge on any atom is -0.507 e. The predicted octanol–water partition coefficient (Wildman–Crippen LogP) is 6.32. The van der Waals surface area contributed by atoms with E-state index >= 15 is 0 Å². The van der Waals surface area contributed by atoms with Crippen molar-refractivity contribution in [1.82, 2.24) is 0 Å². The number of aromatic hydroxyl groups is 2. The Hall–Kier alpha value is -7.37. The van der Waals surface area contributed by atoms with Crippen molar-refractivity contribution in [2.45, 2.75) is 4.90 Å². The van der Waals surface area contributed by atoms with Crippen LogP contribution in [0.5, 0.6) is 23.0 Å². The third-order valence-electron chi connectivity index (χ3n) is 8.63. The van der Waals surface area contributed by atoms with Crippen LogP contribution in [0.25, 0.3) is 21.9 Å². The maximum atomic E-state index is 12.7. The second-order valence-electron chi connectivity index (χ2n) is 12.3. The standard InChI is InChI=1S/C38H28N8O13S.Na/c1-58-31-13-18(3-9-28(31)42-40-20-5-12-30(47)25(15-20)38(51)52)19-4-10-29(32(14-19)59-2)43-45-35-33(60(55,56)57)17-23-22(36(35)48)7-8-26(39)34(23)44-41-27-11-6-21(46(53)54)16-24(27)37(49)50;/h3-17,47-48H,39H2,1-2H3,(H,49,50)(H,51,52)(H,55,56,57);/q;+1. The average Bonchev–Trinajstić information content (AvgIpc) is 3.21. The van der Waals surface area contributed by atoms with E-state index in [0.29, 0.717) is 22.6 Å². The molecule has 7 N–H and O–H groups in total. The number of carboxylic acids is 2. The minimum absolute atomic E-state index is 0. The van der Waals surface area contributed by atoms with E-state index in [1.807, 2.05) is 0 Å². The maximum absolute atomic E-state index is 12.7. The van der Waals surface area contributed by atoms with E-state index in [0.717, 1.165) is 30.3 Å². The fraction of sp³-hybridized carbons (Fsp3) is 0.0526. The van der Waals surface area contributed by atoms with Gasteiger partial charge in [-0.1, -0.05) is 12.1 Å². The van der Waals surface area contributed by atoms with Crippen molar-refractivity contribution < 1.29 is 86.9 Å². The summed E-state index contributed by atoms with van der Waals surface area (Å²) in [6, 6.07) is 19.7. The number of carbonyl (C=O) groups is 2. The van der Waals surface area contributed by atoms with Gasteiger partial charge >= 0.3 is 41.5 Å². The van der Waals surface area contributed by atoms with Gasteiger partial charge in [0.2, 0.25) is 0 Å². The molecule has 6 rings (SSSR count). The number of carboxylic acid groups (broad SMARTS) is 2. The van der Waals surface area contributed by atoms with Crippen LogP contribution in [0.15, 0.2) is 127 Å². The Bertz CT molecular complexity index is 2980. The SMILES string of the molecule is COc1cc(-c2ccc(N=Nc3c(S(=O)(=O)O)cc4c(N=Nc5ccc([N+](=O)[O-])cc5C(=O)O)c(N)ccc4c3O)c(OC)c2)ccc1N=Nc1ccc(O)c(C(=O)O)c1.[Na+]. The first kappa shape index (κ1) is 44.7. The number of phenolic OH excluding ortho intramolecular Hbond substituents is 1. The molecule has 0 aliphatic heterocycles. The van der Waals surface area contributed by atoms with E-state index in [9.17, 15) is 53.1 Å². The number of nitro groups is 1. The molecule has 0 saturated carbocycles. The Morgan fingerprint density at radius 3 is 1.79 bits per heavy atom. The molecule has 0 fully saturated rings. The van der Waals surface area contributed by atoms with E-state index in [-0.39, 0.29) is 80.1 Å². The van der Waals surface area contributed by atoms with Crippen molar-refractivity contribution in [3.8, 4) is 34.1 Å². The largest absolute Gasteiger partial charge is 1.00 e. The Morgan fingerprint density at radius 2 is 1.23 bits per heavy atom. The summed E-state index contributed by atoms with van der Waals surface area (Å²) in [6.07, 6.45) is 0. The van der Waals surface area contributed by atoms with Gasteiger partial charge in [0.25, 0.3) is 15.8 Å². The van der Waals surface area contributed by atoms with Gasteiger partial charge < -0.3 is 35.6 Å². The summed E-state index contributed by atoms with van der Waals surface area (Å²) >= 11 is 0. The van der Waals surface area contributed by atoms with Gasteiger partial charge in [0.1, 0.15) is 56.1 Å². The molecule has 0 aromatic heterocycles. The molecule has 6 aromatic rings. The van der Waals surface area contributed by atoms with Crippen LogP contribution in [0, 0.1) is 10.1 Å². The molecule has 0 amide bonds. The van der Waals surface area contributed by atoms with Gasteiger partial charge in [-0.15, -0.1) is 25.6 Å². The number of benzene rings is 6. The zero-order chi connectivity index (χ0) is 43.5. The number of nitro benzene ring substituents is 1. The van der Waals surface area contributed by atoms with Crippen LogP contribution in [-0.2, 0) is 10.1 Å². The Morgan fingerprint density at radius 1 is 0.672 bits per heavy atom. The van der Waals surface area contributed by atoms with Crippen molar-refractivity contribution in [2.75, 3.05) is 20.0 Å². The topological polar surface area (TPSA) is 331 Å². The number of phenols is 2. The summed E-state index contributed by atoms with van der Waals surface area (Å²) in [5, 5.41) is 75.0. The molecule has 23 heteroatoms. The van der Waals surface area contributed by atoms with Crippen LogP contribution in [0.2, 0.25) is 0 Å². The molecule has 0 atom stereocenters. The smallest absolute Gasteiger partial charge is 0.507 e. The van der Waals surface area contributed by atoms with E-state index in [2.05, 4.69) is 30.7 Å². The first-order chi connectivity index (χ1) is 28.5. The summed E-state index contributed by atoms with van der Waals surface area (Å²) in [6.45, 7) is 0. The number of nitrogen functional groups attached to an aromatic ring is 1. The molecule has 6 aromatic carbocycles. The summed E-state index contributed by atoms with van der Waals surface area (Å²) in [7, 11) is -2.38. The van der Waals surface area contributed by atoms with Gasteiger partial charge in [-0.25, -0.2) is 9.59 Å². The molecule has 0 heterocycles. The number of fused-ring (bicyclic) bond motifs is 1. The van der Waals surface area contributed by atoms with Crippen LogP contribution in [-0.4, -0.2) is 64.5 Å². The van der Waals surface area contributed by atoms with Gasteiger partial charge in [-0.05, 0) is 77.9 Å². The zero-order valence-electron chi connectivity index (χ0n) is 31.8. The van der Waals surface area contributed by atoms with Crippen molar-refractivity contribution >= 4 is 78.3 Å². The Balaban J connectivity index is 0.00000704. The number of anilines is 1. The summed E-state index contributed by atoms with van der Waals surface area (Å²) < 4.78 is 46.6. The number of azo groups is 3. The van der Waals surface area contributed by atoms with E-state index < -0.39 is 60.3 Å². The number of non-ortho nitro benzene ring substituents is 1. The molecule has 0 aliphatic carbocycles. The Kier molecular flexibility index (Phi) is 13.4. The van der Waals surface area contributed by atoms with Crippen LogP contribution < -0.4 is 44.8 Å². The van der Waals surface area contributed by atoms with E-state index in [1.54, 1.807) is 30.3 Å². The summed E-state index contributed by atoms with van der Waals surface area (Å²) in [5.41, 5.74) is 5.08. The number of hydrogen-bond donors (Lipinski definition) is 6. The molecule has 0 radical (unpaired) electrons. The quantitative estimate of drug-likeness (QED) is 0.0185. The zero-order valence-corrected chi connectivity index (χ0v) is 34.6. The molecule has 0 spiro atoms. The van der Waals surface area contributed by atoms with E-state index in [1.165, 1.54) is 44.6 Å². The normalized spacial score (nSPS) is 11.6. The first-order valence-corrected chi connectivity index (χ1v) is 18.2. The number of methoxy groups -OCH3 is 2. The van der Waals surface area contributed by atoms with Crippen molar-refractivity contribution in [1.29, 1.82) is 0 Å². The van der Waals surface area contributed by atoms with Crippen LogP contribution >= 0.6 is 0 Å². The molecule has 21 nitrogen and oxygen atoms in total. The van der Waals surface area contributed by atoms with Gasteiger partial charge in [0.15, 0.2) is 5.75 Å². The molecule has 304 valence electrons. The molecule has 61 heavy (non-hydrogen) atoms. The number of rotatable bonds is 13. The number of nitrogens with two attached hydrogens (primary N) is 1. The van der Waals surface area contributed by atoms with Gasteiger partial charge in [0, 0.05) is 22.9 Å². The molecular formula is C38H28N8NaO13S+. The van der Waals surface area contributed by atoms with E-state index in [4.69, 9.17) is 15.2 Å². The van der Waals surface area contributed by atoms with Crippen LogP contribution in [0.1, 0.15) is 20.7 Å². The van der Waals surface area contributed by atoms with Gasteiger partial charge in [0.05, 0.1) is 36.1 Å². The predicted molar refractivity (Wildman–Crippen MR) is 212 cm³/mol. The van der Waals surface area contributed by atoms with Crippen LogP contribution in [0.3, 0.4) is 0 Å². The summed E-state index contributed by atoms with van der Waals surface area (Å²) in [5.74, 6) is -3.63. The monoisotopic (exact) mass is 859 g/mol. The van der Waals surface area contributed by atoms with Crippen LogP contribution in [0.4, 0.5) is 45.5 Å². The van der Waals surface area contributed by atoms with Gasteiger partial charge in [-0.2, -0.15) is 13.5 Å². The number of hydrogen-bond acceptors (Lipinski definition) is 17. The van der Waals surface area contributed by atoms with Gasteiger partial charge in [-0.3, -0.25) is 14.7 Å². The van der Waals surface area contributed by atoms with Crippen molar-refractivity contribution in [3.05, 3.63) is 112 Å². The second kappa shape index (κ2) is 18.3. The molecule has 0 unspecified atom stereocenters. The Labute approximate surface area is 365 Å². The van der Waals surface area contributed by atoms with Crippen molar-refractivity contribution in [3.63, 3.8) is 0 Å². The third-order valence-corrected chi connectivity index (χ3v) is 9.49. The summed E-state index contributed by atoms with van der Waals surface area (Å²) in [4.78, 5) is 32.6. The third kappa shape index (κ3) is 9.59. The second-order valence-corrected chi connectivity index (χ2v) is 13.7. The fourth-order valence-electron chi connectivity index (χ4n) is 5.68. The maximum Gasteiger partial charge on any atom is 1.00 e. The fourth-order valence-corrected chi connectivity index (χ4v) is 6.33. The first-order valence-electron chi connectivity index (χ1n) is 16.8.